The number of amides is 1. The molecule has 0 aromatic heterocycles. The van der Waals surface area contributed by atoms with E-state index in [4.69, 9.17) is 0 Å². The molecule has 5 nitrogen and oxygen atoms in total. The number of carbonyl (C=O) groups is 1. The molecule has 2 aromatic carbocycles. The van der Waals surface area contributed by atoms with E-state index >= 15 is 0 Å². The van der Waals surface area contributed by atoms with Gasteiger partial charge in [-0.15, -0.1) is 0 Å². The Labute approximate surface area is 179 Å². The minimum Gasteiger partial charge on any atom is -0.352 e. The molecule has 2 aromatic rings. The number of para-hydroxylation sites is 1. The minimum atomic E-state index is -3.87. The fraction of sp³-hybridized carbons (Fsp3) is 0.458. The molecule has 6 heteroatoms. The third-order valence-electron chi connectivity index (χ3n) is 6.62. The number of nitrogens with one attached hydrogen (secondary N) is 1. The van der Waals surface area contributed by atoms with Crippen molar-refractivity contribution in [3.8, 4) is 0 Å². The standard InChI is InChI=1S/C24H30N2O3S/c1-3-19-6-4-5-7-23(19)26(30(28,29)21-12-8-17(2)9-13-21)16-24(27)25-22-15-18-10-11-20(22)14-18/h4-9,12-13,18,20,22H,3,10-11,14-16H2,1-2H3,(H,25,27)/t18-,20-,22+/m1/s1. The first-order valence-corrected chi connectivity index (χ1v) is 12.3. The van der Waals surface area contributed by atoms with Gasteiger partial charge in [0.15, 0.2) is 0 Å². The first kappa shape index (κ1) is 20.9. The van der Waals surface area contributed by atoms with Crippen LogP contribution in [-0.4, -0.2) is 26.9 Å². The van der Waals surface area contributed by atoms with Crippen LogP contribution in [-0.2, 0) is 21.2 Å². The molecule has 160 valence electrons. The summed E-state index contributed by atoms with van der Waals surface area (Å²) in [6.07, 6.45) is 5.32. The first-order chi connectivity index (χ1) is 14.4. The fourth-order valence-electron chi connectivity index (χ4n) is 4.99. The molecule has 2 saturated carbocycles. The number of benzene rings is 2. The van der Waals surface area contributed by atoms with E-state index in [-0.39, 0.29) is 23.4 Å². The number of rotatable bonds is 7. The van der Waals surface area contributed by atoms with E-state index in [9.17, 15) is 13.2 Å². The van der Waals surface area contributed by atoms with Crippen LogP contribution in [0.1, 0.15) is 43.7 Å². The number of sulfonamides is 1. The second-order valence-corrected chi connectivity index (χ2v) is 10.5. The van der Waals surface area contributed by atoms with Gasteiger partial charge in [-0.2, -0.15) is 0 Å². The maximum Gasteiger partial charge on any atom is 0.264 e. The van der Waals surface area contributed by atoms with Crippen molar-refractivity contribution in [1.29, 1.82) is 0 Å². The normalized spacial score (nSPS) is 22.8. The Kier molecular flexibility index (Phi) is 5.87. The smallest absolute Gasteiger partial charge is 0.264 e. The molecule has 2 bridgehead atoms. The van der Waals surface area contributed by atoms with E-state index in [0.29, 0.717) is 23.9 Å². The molecule has 0 heterocycles. The van der Waals surface area contributed by atoms with Gasteiger partial charge in [-0.25, -0.2) is 8.42 Å². The Morgan fingerprint density at radius 2 is 1.80 bits per heavy atom. The highest BCUT2D eigenvalue weighted by molar-refractivity contribution is 7.92. The number of anilines is 1. The molecule has 0 saturated heterocycles. The lowest BCUT2D eigenvalue weighted by atomic mass is 9.95. The zero-order valence-corrected chi connectivity index (χ0v) is 18.5. The quantitative estimate of drug-likeness (QED) is 0.726. The van der Waals surface area contributed by atoms with Gasteiger partial charge in [0.25, 0.3) is 10.0 Å². The Morgan fingerprint density at radius 1 is 1.07 bits per heavy atom. The number of fused-ring (bicyclic) bond motifs is 2. The highest BCUT2D eigenvalue weighted by Crippen LogP contribution is 2.44. The Bertz CT molecular complexity index is 1020. The second-order valence-electron chi connectivity index (χ2n) is 8.66. The van der Waals surface area contributed by atoms with Crippen LogP contribution in [0.5, 0.6) is 0 Å². The lowest BCUT2D eigenvalue weighted by molar-refractivity contribution is -0.120. The number of hydrogen-bond donors (Lipinski definition) is 1. The zero-order chi connectivity index (χ0) is 21.3. The van der Waals surface area contributed by atoms with Crippen LogP contribution in [0.4, 0.5) is 5.69 Å². The number of hydrogen-bond acceptors (Lipinski definition) is 3. The summed E-state index contributed by atoms with van der Waals surface area (Å²) in [5.41, 5.74) is 2.47. The topological polar surface area (TPSA) is 66.5 Å². The maximum absolute atomic E-state index is 13.6. The summed E-state index contributed by atoms with van der Waals surface area (Å²) in [6.45, 7) is 3.70. The molecule has 2 aliphatic rings. The van der Waals surface area contributed by atoms with Crippen molar-refractivity contribution in [2.75, 3.05) is 10.8 Å². The second kappa shape index (κ2) is 8.42. The Hall–Kier alpha value is -2.34. The summed E-state index contributed by atoms with van der Waals surface area (Å²) in [5, 5.41) is 3.14. The van der Waals surface area contributed by atoms with Gasteiger partial charge in [0.2, 0.25) is 5.91 Å². The van der Waals surface area contributed by atoms with Gasteiger partial charge in [-0.1, -0.05) is 49.2 Å². The molecular weight excluding hydrogens is 396 g/mol. The van der Waals surface area contributed by atoms with Crippen molar-refractivity contribution in [2.45, 2.75) is 56.9 Å². The van der Waals surface area contributed by atoms with Crippen molar-refractivity contribution in [3.63, 3.8) is 0 Å². The monoisotopic (exact) mass is 426 g/mol. The van der Waals surface area contributed by atoms with E-state index in [0.717, 1.165) is 17.5 Å². The lowest BCUT2D eigenvalue weighted by Crippen LogP contribution is -2.46. The number of aryl methyl sites for hydroxylation is 2. The van der Waals surface area contributed by atoms with Gasteiger partial charge >= 0.3 is 0 Å². The zero-order valence-electron chi connectivity index (χ0n) is 17.7. The highest BCUT2D eigenvalue weighted by Gasteiger charge is 2.40. The molecule has 0 unspecified atom stereocenters. The molecular formula is C24H30N2O3S. The molecule has 30 heavy (non-hydrogen) atoms. The van der Waals surface area contributed by atoms with Crippen LogP contribution in [0.15, 0.2) is 53.4 Å². The molecule has 1 N–H and O–H groups in total. The van der Waals surface area contributed by atoms with Crippen LogP contribution in [0.25, 0.3) is 0 Å². The summed E-state index contributed by atoms with van der Waals surface area (Å²) in [5.74, 6) is 1.03. The van der Waals surface area contributed by atoms with Crippen LogP contribution < -0.4 is 9.62 Å². The predicted molar refractivity (Wildman–Crippen MR) is 119 cm³/mol. The molecule has 4 rings (SSSR count). The fourth-order valence-corrected chi connectivity index (χ4v) is 6.45. The Balaban J connectivity index is 1.63. The van der Waals surface area contributed by atoms with Crippen molar-refractivity contribution in [1.82, 2.24) is 5.32 Å². The van der Waals surface area contributed by atoms with Crippen molar-refractivity contribution in [3.05, 3.63) is 59.7 Å². The van der Waals surface area contributed by atoms with Crippen LogP contribution in [0.3, 0.4) is 0 Å². The molecule has 0 aliphatic heterocycles. The number of nitrogens with zero attached hydrogens (tertiary/aromatic N) is 1. The minimum absolute atomic E-state index is 0.182. The molecule has 3 atom stereocenters. The summed E-state index contributed by atoms with van der Waals surface area (Å²) in [7, 11) is -3.87. The summed E-state index contributed by atoms with van der Waals surface area (Å²) < 4.78 is 28.4. The van der Waals surface area contributed by atoms with Gasteiger partial charge in [-0.3, -0.25) is 9.10 Å². The average molecular weight is 427 g/mol. The predicted octanol–water partition coefficient (Wildman–Crippen LogP) is 4.06. The molecule has 0 radical (unpaired) electrons. The van der Waals surface area contributed by atoms with Crippen molar-refractivity contribution < 1.29 is 13.2 Å². The largest absolute Gasteiger partial charge is 0.352 e. The first-order valence-electron chi connectivity index (χ1n) is 10.8. The van der Waals surface area contributed by atoms with Gasteiger partial charge in [0.1, 0.15) is 6.54 Å². The van der Waals surface area contributed by atoms with Gasteiger partial charge in [0, 0.05) is 6.04 Å². The van der Waals surface area contributed by atoms with Crippen LogP contribution in [0.2, 0.25) is 0 Å². The third kappa shape index (κ3) is 4.10. The Morgan fingerprint density at radius 3 is 2.43 bits per heavy atom. The van der Waals surface area contributed by atoms with E-state index in [2.05, 4.69) is 5.32 Å². The third-order valence-corrected chi connectivity index (χ3v) is 8.40. The summed E-state index contributed by atoms with van der Waals surface area (Å²) in [6, 6.07) is 14.4. The van der Waals surface area contributed by atoms with Gasteiger partial charge < -0.3 is 5.32 Å². The van der Waals surface area contributed by atoms with Crippen molar-refractivity contribution >= 4 is 21.6 Å². The SMILES string of the molecule is CCc1ccccc1N(CC(=O)N[C@H]1C[C@@H]2CC[C@@H]1C2)S(=O)(=O)c1ccc(C)cc1. The molecule has 0 spiro atoms. The van der Waals surface area contributed by atoms with E-state index in [1.165, 1.54) is 23.6 Å². The summed E-state index contributed by atoms with van der Waals surface area (Å²) >= 11 is 0. The molecule has 2 aliphatic carbocycles. The highest BCUT2D eigenvalue weighted by atomic mass is 32.2. The maximum atomic E-state index is 13.6. The molecule has 2 fully saturated rings. The van der Waals surface area contributed by atoms with E-state index < -0.39 is 10.0 Å². The van der Waals surface area contributed by atoms with E-state index in [1.807, 2.05) is 32.0 Å². The lowest BCUT2D eigenvalue weighted by Gasteiger charge is -2.28. The van der Waals surface area contributed by atoms with Crippen molar-refractivity contribution in [2.24, 2.45) is 11.8 Å². The molecule has 1 amide bonds. The average Bonchev–Trinajstić information content (AvgIpc) is 3.35. The van der Waals surface area contributed by atoms with Gasteiger partial charge in [0.05, 0.1) is 10.6 Å². The van der Waals surface area contributed by atoms with E-state index in [1.54, 1.807) is 30.3 Å². The van der Waals surface area contributed by atoms with Gasteiger partial charge in [-0.05, 0) is 68.2 Å². The number of carbonyl (C=O) groups excluding carboxylic acids is 1. The van der Waals surface area contributed by atoms with Crippen LogP contribution in [0, 0.1) is 18.8 Å². The summed E-state index contributed by atoms with van der Waals surface area (Å²) in [4.78, 5) is 13.2. The van der Waals surface area contributed by atoms with Crippen LogP contribution >= 0.6 is 0 Å².